The summed E-state index contributed by atoms with van der Waals surface area (Å²) in [6.45, 7) is 5.86. The van der Waals surface area contributed by atoms with Gasteiger partial charge in [-0.05, 0) is 43.0 Å². The Morgan fingerprint density at radius 1 is 1.29 bits per heavy atom. The second kappa shape index (κ2) is 7.49. The van der Waals surface area contributed by atoms with Crippen molar-refractivity contribution in [3.05, 3.63) is 45.6 Å². The molecular weight excluding hydrogens is 368 g/mol. The van der Waals surface area contributed by atoms with Crippen LogP contribution in [0.15, 0.2) is 28.7 Å². The number of benzene rings is 1. The van der Waals surface area contributed by atoms with Crippen LogP contribution in [0.2, 0.25) is 0 Å². The molecule has 0 amide bonds. The van der Waals surface area contributed by atoms with Crippen LogP contribution in [0.3, 0.4) is 0 Å². The first-order valence-corrected chi connectivity index (χ1v) is 9.16. The Morgan fingerprint density at radius 2 is 2.12 bits per heavy atom. The summed E-state index contributed by atoms with van der Waals surface area (Å²) < 4.78 is 1.11. The highest BCUT2D eigenvalue weighted by atomic mass is 79.9. The molecule has 2 heterocycles. The van der Waals surface area contributed by atoms with Gasteiger partial charge < -0.3 is 15.3 Å². The molecule has 0 bridgehead atoms. The Labute approximate surface area is 151 Å². The molecule has 0 fully saturated rings. The first-order chi connectivity index (χ1) is 11.6. The van der Waals surface area contributed by atoms with E-state index in [0.717, 1.165) is 41.9 Å². The molecule has 2 aromatic rings. The van der Waals surface area contributed by atoms with Crippen LogP contribution in [0.25, 0.3) is 0 Å². The summed E-state index contributed by atoms with van der Waals surface area (Å²) in [6.07, 6.45) is 1.87. The zero-order chi connectivity index (χ0) is 17.1. The molecule has 1 atom stereocenters. The Kier molecular flexibility index (Phi) is 5.36. The number of rotatable bonds is 5. The van der Waals surface area contributed by atoms with Crippen molar-refractivity contribution in [1.29, 1.82) is 0 Å². The minimum atomic E-state index is -0.0667. The number of anilines is 2. The molecule has 0 saturated heterocycles. The second-order valence-electron chi connectivity index (χ2n) is 6.21. The van der Waals surface area contributed by atoms with Gasteiger partial charge in [0.05, 0.1) is 6.61 Å². The van der Waals surface area contributed by atoms with Crippen LogP contribution in [-0.2, 0) is 19.4 Å². The molecule has 0 spiro atoms. The molecule has 2 N–H and O–H groups in total. The molecule has 0 saturated carbocycles. The van der Waals surface area contributed by atoms with E-state index in [1.807, 2.05) is 6.92 Å². The quantitative estimate of drug-likeness (QED) is 0.820. The predicted octanol–water partition coefficient (Wildman–Crippen LogP) is 3.16. The number of aromatic nitrogens is 2. The third-order valence-electron chi connectivity index (χ3n) is 4.28. The van der Waals surface area contributed by atoms with Crippen LogP contribution in [0, 0.1) is 0 Å². The number of halogens is 1. The summed E-state index contributed by atoms with van der Waals surface area (Å²) in [5.74, 6) is 1.53. The second-order valence-corrected chi connectivity index (χ2v) is 7.12. The third kappa shape index (κ3) is 3.87. The summed E-state index contributed by atoms with van der Waals surface area (Å²) in [5, 5.41) is 12.4. The molecule has 0 aliphatic carbocycles. The molecule has 0 unspecified atom stereocenters. The fourth-order valence-corrected chi connectivity index (χ4v) is 3.29. The van der Waals surface area contributed by atoms with Gasteiger partial charge in [-0.3, -0.25) is 0 Å². The number of aryl methyl sites for hydroxylation is 1. The molecule has 6 heteroatoms. The summed E-state index contributed by atoms with van der Waals surface area (Å²) >= 11 is 3.56. The van der Waals surface area contributed by atoms with E-state index in [0.29, 0.717) is 5.95 Å². The lowest BCUT2D eigenvalue weighted by Crippen LogP contribution is -2.31. The van der Waals surface area contributed by atoms with Crippen LogP contribution in [0.1, 0.15) is 30.7 Å². The summed E-state index contributed by atoms with van der Waals surface area (Å²) in [5.41, 5.74) is 3.75. The van der Waals surface area contributed by atoms with Crippen molar-refractivity contribution in [3.63, 3.8) is 0 Å². The van der Waals surface area contributed by atoms with Crippen LogP contribution in [-0.4, -0.2) is 34.3 Å². The number of aliphatic hydroxyl groups is 1. The number of hydrogen-bond donors (Lipinski definition) is 2. The van der Waals surface area contributed by atoms with E-state index in [1.165, 1.54) is 11.1 Å². The van der Waals surface area contributed by atoms with Crippen molar-refractivity contribution < 1.29 is 5.11 Å². The maximum absolute atomic E-state index is 9.24. The van der Waals surface area contributed by atoms with Crippen LogP contribution in [0.5, 0.6) is 0 Å². The number of hydrogen-bond acceptors (Lipinski definition) is 5. The average molecular weight is 391 g/mol. The van der Waals surface area contributed by atoms with Gasteiger partial charge in [-0.15, -0.1) is 0 Å². The zero-order valence-corrected chi connectivity index (χ0v) is 15.7. The Bertz CT molecular complexity index is 722. The molecule has 1 aromatic carbocycles. The van der Waals surface area contributed by atoms with E-state index in [9.17, 15) is 5.11 Å². The molecule has 3 rings (SSSR count). The standard InChI is InChI=1S/C18H23BrN4O/c1-3-16-9-17(22-18(21-16)20-12(2)11-24)23-7-6-13-4-5-15(19)8-14(13)10-23/h4-5,8-9,12,24H,3,6-7,10-11H2,1-2H3,(H,20,21,22)/t12-/m0/s1. The van der Waals surface area contributed by atoms with Crippen molar-refractivity contribution >= 4 is 27.7 Å². The molecule has 24 heavy (non-hydrogen) atoms. The predicted molar refractivity (Wildman–Crippen MR) is 100 cm³/mol. The highest BCUT2D eigenvalue weighted by molar-refractivity contribution is 9.10. The number of nitrogens with one attached hydrogen (secondary N) is 1. The molecule has 0 radical (unpaired) electrons. The number of nitrogens with zero attached hydrogens (tertiary/aromatic N) is 3. The van der Waals surface area contributed by atoms with Gasteiger partial charge in [-0.25, -0.2) is 4.98 Å². The van der Waals surface area contributed by atoms with Crippen LogP contribution >= 0.6 is 15.9 Å². The average Bonchev–Trinajstić information content (AvgIpc) is 2.60. The fourth-order valence-electron chi connectivity index (χ4n) is 2.88. The van der Waals surface area contributed by atoms with Gasteiger partial charge in [0.1, 0.15) is 5.82 Å². The molecule has 5 nitrogen and oxygen atoms in total. The lowest BCUT2D eigenvalue weighted by atomic mass is 10.00. The summed E-state index contributed by atoms with van der Waals surface area (Å²) in [4.78, 5) is 11.5. The summed E-state index contributed by atoms with van der Waals surface area (Å²) in [6, 6.07) is 8.49. The number of aliphatic hydroxyl groups excluding tert-OH is 1. The van der Waals surface area contributed by atoms with Gasteiger partial charge >= 0.3 is 0 Å². The van der Waals surface area contributed by atoms with Gasteiger partial charge in [0, 0.05) is 35.4 Å². The minimum Gasteiger partial charge on any atom is -0.394 e. The van der Waals surface area contributed by atoms with Crippen LogP contribution in [0.4, 0.5) is 11.8 Å². The minimum absolute atomic E-state index is 0.0557. The first kappa shape index (κ1) is 17.2. The fraction of sp³-hybridized carbons (Fsp3) is 0.444. The van der Waals surface area contributed by atoms with Crippen molar-refractivity contribution in [2.75, 3.05) is 23.4 Å². The monoisotopic (exact) mass is 390 g/mol. The normalized spacial score (nSPS) is 15.1. The topological polar surface area (TPSA) is 61.3 Å². The van der Waals surface area contributed by atoms with Gasteiger partial charge in [0.15, 0.2) is 0 Å². The maximum Gasteiger partial charge on any atom is 0.225 e. The van der Waals surface area contributed by atoms with E-state index >= 15 is 0 Å². The molecule has 1 aliphatic rings. The number of fused-ring (bicyclic) bond motifs is 1. The van der Waals surface area contributed by atoms with E-state index in [4.69, 9.17) is 0 Å². The smallest absolute Gasteiger partial charge is 0.225 e. The van der Waals surface area contributed by atoms with Gasteiger partial charge in [0.25, 0.3) is 0 Å². The molecule has 1 aromatic heterocycles. The third-order valence-corrected chi connectivity index (χ3v) is 4.78. The lowest BCUT2D eigenvalue weighted by Gasteiger charge is -2.30. The summed E-state index contributed by atoms with van der Waals surface area (Å²) in [7, 11) is 0. The largest absolute Gasteiger partial charge is 0.394 e. The zero-order valence-electron chi connectivity index (χ0n) is 14.1. The molecule has 128 valence electrons. The Morgan fingerprint density at radius 3 is 2.88 bits per heavy atom. The van der Waals surface area contributed by atoms with Gasteiger partial charge in [-0.2, -0.15) is 4.98 Å². The van der Waals surface area contributed by atoms with E-state index in [2.05, 4.69) is 67.3 Å². The Hall–Kier alpha value is -1.66. The van der Waals surface area contributed by atoms with Crippen molar-refractivity contribution in [1.82, 2.24) is 9.97 Å². The Balaban J connectivity index is 1.87. The van der Waals surface area contributed by atoms with Gasteiger partial charge in [0.2, 0.25) is 5.95 Å². The van der Waals surface area contributed by atoms with Crippen LogP contribution < -0.4 is 10.2 Å². The molecule has 1 aliphatic heterocycles. The van der Waals surface area contributed by atoms with Crippen molar-refractivity contribution in [2.45, 2.75) is 39.3 Å². The van der Waals surface area contributed by atoms with Crippen molar-refractivity contribution in [3.8, 4) is 0 Å². The first-order valence-electron chi connectivity index (χ1n) is 8.36. The SMILES string of the molecule is CCc1cc(N2CCc3ccc(Br)cc3C2)nc(N[C@@H](C)CO)n1. The highest BCUT2D eigenvalue weighted by Gasteiger charge is 2.19. The molecular formula is C18H23BrN4O. The van der Waals surface area contributed by atoms with E-state index in [1.54, 1.807) is 0 Å². The van der Waals surface area contributed by atoms with Gasteiger partial charge in [-0.1, -0.05) is 28.9 Å². The van der Waals surface area contributed by atoms with E-state index in [-0.39, 0.29) is 12.6 Å². The maximum atomic E-state index is 9.24. The highest BCUT2D eigenvalue weighted by Crippen LogP contribution is 2.26. The van der Waals surface area contributed by atoms with Crippen molar-refractivity contribution in [2.24, 2.45) is 0 Å². The lowest BCUT2D eigenvalue weighted by molar-refractivity contribution is 0.281. The van der Waals surface area contributed by atoms with E-state index < -0.39 is 0 Å².